The Morgan fingerprint density at radius 1 is 1.40 bits per heavy atom. The van der Waals surface area contributed by atoms with Crippen molar-refractivity contribution in [1.29, 1.82) is 0 Å². The van der Waals surface area contributed by atoms with Crippen molar-refractivity contribution in [3.05, 3.63) is 28.3 Å². The molecule has 0 spiro atoms. The van der Waals surface area contributed by atoms with Gasteiger partial charge in [0.15, 0.2) is 0 Å². The van der Waals surface area contributed by atoms with Crippen LogP contribution < -0.4 is 4.74 Å². The summed E-state index contributed by atoms with van der Waals surface area (Å²) < 4.78 is 5.54. The zero-order valence-corrected chi connectivity index (χ0v) is 9.71. The maximum Gasteiger partial charge on any atom is 0.128 e. The van der Waals surface area contributed by atoms with Crippen LogP contribution in [-0.2, 0) is 6.42 Å². The molecule has 2 rings (SSSR count). The van der Waals surface area contributed by atoms with Gasteiger partial charge in [0.1, 0.15) is 5.75 Å². The highest BCUT2D eigenvalue weighted by Crippen LogP contribution is 2.38. The molecule has 1 aliphatic rings. The van der Waals surface area contributed by atoms with Crippen molar-refractivity contribution in [2.45, 2.75) is 26.4 Å². The van der Waals surface area contributed by atoms with E-state index < -0.39 is 6.10 Å². The number of halogens is 1. The number of rotatable bonds is 2. The number of benzene rings is 1. The van der Waals surface area contributed by atoms with Crippen LogP contribution in [-0.4, -0.2) is 11.7 Å². The van der Waals surface area contributed by atoms with Crippen LogP contribution in [0.3, 0.4) is 0 Å². The van der Waals surface area contributed by atoms with Crippen molar-refractivity contribution in [1.82, 2.24) is 0 Å². The van der Waals surface area contributed by atoms with Gasteiger partial charge in [-0.1, -0.05) is 25.4 Å². The molecular weight excluding hydrogens is 212 g/mol. The summed E-state index contributed by atoms with van der Waals surface area (Å²) >= 11 is 6.01. The zero-order valence-electron chi connectivity index (χ0n) is 8.96. The molecule has 1 aromatic carbocycles. The fourth-order valence-corrected chi connectivity index (χ4v) is 2.13. The van der Waals surface area contributed by atoms with Crippen molar-refractivity contribution in [3.8, 4) is 5.75 Å². The SMILES string of the molecule is CC(C)C(O)c1cc(Cl)cc2c1OCC2. The molecule has 2 nitrogen and oxygen atoms in total. The molecular formula is C12H15ClO2. The number of aliphatic hydroxyl groups is 1. The topological polar surface area (TPSA) is 29.5 Å². The van der Waals surface area contributed by atoms with Crippen LogP contribution >= 0.6 is 11.6 Å². The molecule has 3 heteroatoms. The van der Waals surface area contributed by atoms with Gasteiger partial charge in [-0.25, -0.2) is 0 Å². The number of aliphatic hydroxyl groups excluding tert-OH is 1. The Labute approximate surface area is 94.8 Å². The van der Waals surface area contributed by atoms with E-state index in [4.69, 9.17) is 16.3 Å². The second kappa shape index (κ2) is 4.03. The van der Waals surface area contributed by atoms with E-state index in [-0.39, 0.29) is 5.92 Å². The highest BCUT2D eigenvalue weighted by atomic mass is 35.5. The largest absolute Gasteiger partial charge is 0.493 e. The standard InChI is InChI=1S/C12H15ClO2/c1-7(2)11(14)10-6-9(13)5-8-3-4-15-12(8)10/h5-7,11,14H,3-4H2,1-2H3. The quantitative estimate of drug-likeness (QED) is 0.840. The molecule has 1 unspecified atom stereocenters. The van der Waals surface area contributed by atoms with Crippen LogP contribution in [0.25, 0.3) is 0 Å². The Morgan fingerprint density at radius 3 is 2.80 bits per heavy atom. The average Bonchev–Trinajstić information content (AvgIpc) is 2.62. The Morgan fingerprint density at radius 2 is 2.13 bits per heavy atom. The van der Waals surface area contributed by atoms with Crippen LogP contribution in [0.1, 0.15) is 31.1 Å². The predicted octanol–water partition coefficient (Wildman–Crippen LogP) is 2.96. The van der Waals surface area contributed by atoms with E-state index in [9.17, 15) is 5.11 Å². The van der Waals surface area contributed by atoms with E-state index in [1.165, 1.54) is 0 Å². The van der Waals surface area contributed by atoms with E-state index in [0.29, 0.717) is 11.6 Å². The predicted molar refractivity (Wildman–Crippen MR) is 60.4 cm³/mol. The number of ether oxygens (including phenoxy) is 1. The summed E-state index contributed by atoms with van der Waals surface area (Å²) in [5.41, 5.74) is 1.93. The van der Waals surface area contributed by atoms with Crippen LogP contribution in [0.4, 0.5) is 0 Å². The third kappa shape index (κ3) is 1.97. The summed E-state index contributed by atoms with van der Waals surface area (Å²) in [6.45, 7) is 4.65. The first-order valence-electron chi connectivity index (χ1n) is 5.22. The minimum atomic E-state index is -0.504. The van der Waals surface area contributed by atoms with Gasteiger partial charge in [-0.05, 0) is 23.6 Å². The molecule has 1 aliphatic heterocycles. The van der Waals surface area contributed by atoms with Crippen molar-refractivity contribution in [2.75, 3.05) is 6.61 Å². The van der Waals surface area contributed by atoms with Crippen LogP contribution in [0, 0.1) is 5.92 Å². The first kappa shape index (κ1) is 10.8. The van der Waals surface area contributed by atoms with E-state index in [2.05, 4.69) is 0 Å². The summed E-state index contributed by atoms with van der Waals surface area (Å²) in [6, 6.07) is 3.72. The lowest BCUT2D eigenvalue weighted by Gasteiger charge is -2.18. The highest BCUT2D eigenvalue weighted by Gasteiger charge is 2.23. The summed E-state index contributed by atoms with van der Waals surface area (Å²) in [4.78, 5) is 0. The normalized spacial score (nSPS) is 16.3. The maximum atomic E-state index is 10.0. The van der Waals surface area contributed by atoms with Gasteiger partial charge in [-0.15, -0.1) is 0 Å². The van der Waals surface area contributed by atoms with Crippen molar-refractivity contribution in [2.24, 2.45) is 5.92 Å². The van der Waals surface area contributed by atoms with Gasteiger partial charge >= 0.3 is 0 Å². The van der Waals surface area contributed by atoms with E-state index >= 15 is 0 Å². The minimum absolute atomic E-state index is 0.164. The molecule has 1 N–H and O–H groups in total. The van der Waals surface area contributed by atoms with Gasteiger partial charge in [0.25, 0.3) is 0 Å². The van der Waals surface area contributed by atoms with Gasteiger partial charge in [-0.2, -0.15) is 0 Å². The van der Waals surface area contributed by atoms with Gasteiger partial charge in [0, 0.05) is 17.0 Å². The summed E-state index contributed by atoms with van der Waals surface area (Å²) in [5, 5.41) is 10.7. The second-order valence-corrected chi connectivity index (χ2v) is 4.71. The van der Waals surface area contributed by atoms with Crippen LogP contribution in [0.5, 0.6) is 5.75 Å². The second-order valence-electron chi connectivity index (χ2n) is 4.27. The minimum Gasteiger partial charge on any atom is -0.493 e. The molecule has 0 saturated heterocycles. The highest BCUT2D eigenvalue weighted by molar-refractivity contribution is 6.30. The Balaban J connectivity index is 2.47. The number of hydrogen-bond donors (Lipinski definition) is 1. The Bertz CT molecular complexity index is 374. The molecule has 0 radical (unpaired) electrons. The Hall–Kier alpha value is -0.730. The van der Waals surface area contributed by atoms with Crippen LogP contribution in [0.15, 0.2) is 12.1 Å². The Kier molecular flexibility index (Phi) is 2.89. The fourth-order valence-electron chi connectivity index (χ4n) is 1.88. The lowest BCUT2D eigenvalue weighted by Crippen LogP contribution is -2.07. The lowest BCUT2D eigenvalue weighted by atomic mass is 9.96. The molecule has 0 saturated carbocycles. The molecule has 0 aromatic heterocycles. The average molecular weight is 227 g/mol. The van der Waals surface area contributed by atoms with Crippen molar-refractivity contribution < 1.29 is 9.84 Å². The van der Waals surface area contributed by atoms with Gasteiger partial charge in [0.05, 0.1) is 12.7 Å². The molecule has 82 valence electrons. The third-order valence-corrected chi connectivity index (χ3v) is 2.95. The first-order valence-corrected chi connectivity index (χ1v) is 5.60. The molecule has 1 atom stereocenters. The first-order chi connectivity index (χ1) is 7.09. The molecule has 0 fully saturated rings. The molecule has 0 amide bonds. The molecule has 0 aliphatic carbocycles. The molecule has 0 bridgehead atoms. The van der Waals surface area contributed by atoms with Gasteiger partial charge in [0.2, 0.25) is 0 Å². The smallest absolute Gasteiger partial charge is 0.128 e. The van der Waals surface area contributed by atoms with Crippen molar-refractivity contribution >= 4 is 11.6 Å². The maximum absolute atomic E-state index is 10.0. The fraction of sp³-hybridized carbons (Fsp3) is 0.500. The van der Waals surface area contributed by atoms with Crippen molar-refractivity contribution in [3.63, 3.8) is 0 Å². The summed E-state index contributed by atoms with van der Waals surface area (Å²) in [5.74, 6) is 0.998. The number of fused-ring (bicyclic) bond motifs is 1. The van der Waals surface area contributed by atoms with Gasteiger partial charge < -0.3 is 9.84 Å². The molecule has 1 aromatic rings. The van der Waals surface area contributed by atoms with E-state index in [1.807, 2.05) is 19.9 Å². The van der Waals surface area contributed by atoms with Crippen LogP contribution in [0.2, 0.25) is 5.02 Å². The van der Waals surface area contributed by atoms with Gasteiger partial charge in [-0.3, -0.25) is 0 Å². The lowest BCUT2D eigenvalue weighted by molar-refractivity contribution is 0.123. The monoisotopic (exact) mass is 226 g/mol. The molecule has 1 heterocycles. The third-order valence-electron chi connectivity index (χ3n) is 2.73. The summed E-state index contributed by atoms with van der Waals surface area (Å²) in [6.07, 6.45) is 0.379. The summed E-state index contributed by atoms with van der Waals surface area (Å²) in [7, 11) is 0. The van der Waals surface area contributed by atoms with E-state index in [1.54, 1.807) is 6.07 Å². The molecule has 15 heavy (non-hydrogen) atoms. The zero-order chi connectivity index (χ0) is 11.0. The number of hydrogen-bond acceptors (Lipinski definition) is 2. The van der Waals surface area contributed by atoms with E-state index in [0.717, 1.165) is 23.3 Å².